The van der Waals surface area contributed by atoms with E-state index in [2.05, 4.69) is 29.8 Å². The van der Waals surface area contributed by atoms with Gasteiger partial charge < -0.3 is 31.5 Å². The van der Waals surface area contributed by atoms with Gasteiger partial charge in [-0.3, -0.25) is 14.4 Å². The lowest BCUT2D eigenvalue weighted by molar-refractivity contribution is -0.131. The van der Waals surface area contributed by atoms with E-state index in [1.165, 1.54) is 49.2 Å². The highest BCUT2D eigenvalue weighted by molar-refractivity contribution is 6.30. The number of aliphatic hydroxyl groups excluding tert-OH is 1. The van der Waals surface area contributed by atoms with Crippen molar-refractivity contribution < 1.29 is 37.8 Å². The summed E-state index contributed by atoms with van der Waals surface area (Å²) in [5.74, 6) is -6.54. The van der Waals surface area contributed by atoms with E-state index in [9.17, 15) is 24.3 Å². The molecule has 2 aromatic rings. The lowest BCUT2D eigenvalue weighted by atomic mass is 9.94. The third-order valence-electron chi connectivity index (χ3n) is 6.48. The molecule has 42 heavy (non-hydrogen) atoms. The molecule has 1 saturated heterocycles. The summed E-state index contributed by atoms with van der Waals surface area (Å²) in [6, 6.07) is 11.1. The first-order valence-corrected chi connectivity index (χ1v) is 14.0. The highest BCUT2D eigenvalue weighted by Gasteiger charge is 2.45. The normalized spacial score (nSPS) is 16.6. The van der Waals surface area contributed by atoms with Crippen molar-refractivity contribution in [2.24, 2.45) is 11.7 Å². The number of carbonyl (C=O) groups is 4. The van der Waals surface area contributed by atoms with E-state index < -0.39 is 60.1 Å². The highest BCUT2D eigenvalue weighted by atomic mass is 35.5. The number of alkyl halides is 2. The number of alkyl carbamates (subject to hydrolysis) is 1. The van der Waals surface area contributed by atoms with Gasteiger partial charge >= 0.3 is 12.0 Å². The standard InChI is InChI=1S/C25H27ClF2N4O6.C4H10/c26-17-8-4-7-16(12-17)25(27,28)21(14-5-2-1-3-6-14)38-24(37)31-13-19(33)32-18(20(34)22(29)35)11-15-9-10-30-23(15)36;1-3-4-2/h1-8,12,15,18,20-21,34H,9-11,13H2,(H2,29,35)(H,30,36)(H,31,37)(H,32,33);3-4H2,1-2H3. The third kappa shape index (κ3) is 10.3. The Hall–Kier alpha value is -3.77. The van der Waals surface area contributed by atoms with Gasteiger partial charge in [0.25, 0.3) is 0 Å². The maximum Gasteiger partial charge on any atom is 0.408 e. The Balaban J connectivity index is 0.00000144. The van der Waals surface area contributed by atoms with Crippen LogP contribution in [0.3, 0.4) is 0 Å². The largest absolute Gasteiger partial charge is 0.434 e. The van der Waals surface area contributed by atoms with Crippen LogP contribution in [0, 0.1) is 5.92 Å². The average Bonchev–Trinajstić information content (AvgIpc) is 3.38. The fourth-order valence-corrected chi connectivity index (χ4v) is 4.22. The monoisotopic (exact) mass is 610 g/mol. The smallest absolute Gasteiger partial charge is 0.408 e. The minimum Gasteiger partial charge on any atom is -0.434 e. The zero-order valence-electron chi connectivity index (χ0n) is 23.4. The molecule has 1 aliphatic rings. The van der Waals surface area contributed by atoms with Gasteiger partial charge in [-0.2, -0.15) is 8.78 Å². The van der Waals surface area contributed by atoms with Crippen molar-refractivity contribution in [3.63, 3.8) is 0 Å². The van der Waals surface area contributed by atoms with Crippen LogP contribution in [-0.2, 0) is 25.0 Å². The maximum absolute atomic E-state index is 15.5. The van der Waals surface area contributed by atoms with Crippen molar-refractivity contribution in [3.05, 3.63) is 70.7 Å². The van der Waals surface area contributed by atoms with E-state index in [0.717, 1.165) is 12.1 Å². The Labute approximate surface area is 248 Å². The number of hydrogen-bond donors (Lipinski definition) is 5. The number of unbranched alkanes of at least 4 members (excludes halogenated alkanes) is 1. The number of ether oxygens (including phenoxy) is 1. The van der Waals surface area contributed by atoms with Gasteiger partial charge in [-0.1, -0.05) is 80.8 Å². The van der Waals surface area contributed by atoms with Crippen LogP contribution < -0.4 is 21.7 Å². The van der Waals surface area contributed by atoms with E-state index in [4.69, 9.17) is 22.1 Å². The summed E-state index contributed by atoms with van der Waals surface area (Å²) in [7, 11) is 0. The number of primary amides is 1. The molecular weight excluding hydrogens is 574 g/mol. The number of aliphatic hydroxyl groups is 1. The van der Waals surface area contributed by atoms with Gasteiger partial charge in [0, 0.05) is 23.0 Å². The number of halogens is 3. The molecule has 0 saturated carbocycles. The molecule has 0 spiro atoms. The van der Waals surface area contributed by atoms with Crippen molar-refractivity contribution in [1.29, 1.82) is 0 Å². The molecule has 0 radical (unpaired) electrons. The predicted molar refractivity (Wildman–Crippen MR) is 152 cm³/mol. The number of hydrogen-bond acceptors (Lipinski definition) is 6. The van der Waals surface area contributed by atoms with Gasteiger partial charge in [0.1, 0.15) is 6.54 Å². The van der Waals surface area contributed by atoms with Gasteiger partial charge in [-0.25, -0.2) is 4.79 Å². The molecule has 13 heteroatoms. The molecule has 0 aliphatic carbocycles. The zero-order chi connectivity index (χ0) is 31.3. The molecule has 6 N–H and O–H groups in total. The number of amides is 4. The first-order chi connectivity index (χ1) is 19.9. The Morgan fingerprint density at radius 3 is 2.36 bits per heavy atom. The van der Waals surface area contributed by atoms with Crippen molar-refractivity contribution in [2.45, 2.75) is 63.7 Å². The molecule has 1 heterocycles. The molecule has 1 aliphatic heterocycles. The molecule has 4 amide bonds. The lowest BCUT2D eigenvalue weighted by Gasteiger charge is -2.28. The van der Waals surface area contributed by atoms with Crippen molar-refractivity contribution >= 4 is 35.4 Å². The summed E-state index contributed by atoms with van der Waals surface area (Å²) in [5, 5.41) is 17.2. The minimum atomic E-state index is -3.69. The average molecular weight is 611 g/mol. The number of benzene rings is 2. The lowest BCUT2D eigenvalue weighted by Crippen LogP contribution is -2.52. The maximum atomic E-state index is 15.5. The zero-order valence-corrected chi connectivity index (χ0v) is 24.2. The molecule has 3 rings (SSSR count). The number of nitrogens with one attached hydrogen (secondary N) is 3. The second kappa shape index (κ2) is 16.6. The van der Waals surface area contributed by atoms with Crippen LogP contribution in [0.4, 0.5) is 13.6 Å². The van der Waals surface area contributed by atoms with E-state index in [1.807, 2.05) is 0 Å². The van der Waals surface area contributed by atoms with Crippen LogP contribution in [0.2, 0.25) is 5.02 Å². The SMILES string of the molecule is CCCC.NC(=O)C(O)C(CC1CCNC1=O)NC(=O)CNC(=O)OC(c1ccccc1)C(F)(F)c1cccc(Cl)c1. The minimum absolute atomic E-state index is 0.00318. The van der Waals surface area contributed by atoms with Gasteiger partial charge in [-0.05, 0) is 30.5 Å². The second-order valence-electron chi connectivity index (χ2n) is 9.72. The molecule has 1 fully saturated rings. The van der Waals surface area contributed by atoms with E-state index >= 15 is 8.78 Å². The summed E-state index contributed by atoms with van der Waals surface area (Å²) in [6.07, 6.45) is -2.18. The van der Waals surface area contributed by atoms with E-state index in [1.54, 1.807) is 6.07 Å². The van der Waals surface area contributed by atoms with E-state index in [-0.39, 0.29) is 22.9 Å². The molecule has 10 nitrogen and oxygen atoms in total. The fraction of sp³-hybridized carbons (Fsp3) is 0.448. The Kier molecular flexibility index (Phi) is 13.6. The molecule has 4 atom stereocenters. The quantitative estimate of drug-likeness (QED) is 0.247. The molecule has 0 aromatic heterocycles. The van der Waals surface area contributed by atoms with Crippen LogP contribution in [0.15, 0.2) is 54.6 Å². The van der Waals surface area contributed by atoms with Crippen molar-refractivity contribution in [2.75, 3.05) is 13.1 Å². The van der Waals surface area contributed by atoms with Crippen LogP contribution in [-0.4, -0.2) is 54.2 Å². The van der Waals surface area contributed by atoms with Gasteiger partial charge in [0.05, 0.1) is 6.04 Å². The van der Waals surface area contributed by atoms with Crippen LogP contribution >= 0.6 is 11.6 Å². The number of carbonyl (C=O) groups excluding carboxylic acids is 4. The van der Waals surface area contributed by atoms with Crippen molar-refractivity contribution in [1.82, 2.24) is 16.0 Å². The highest BCUT2D eigenvalue weighted by Crippen LogP contribution is 2.43. The molecule has 2 aromatic carbocycles. The Morgan fingerprint density at radius 2 is 1.81 bits per heavy atom. The summed E-state index contributed by atoms with van der Waals surface area (Å²) < 4.78 is 36.0. The molecule has 0 bridgehead atoms. The summed E-state index contributed by atoms with van der Waals surface area (Å²) in [4.78, 5) is 48.3. The number of nitrogens with two attached hydrogens (primary N) is 1. The third-order valence-corrected chi connectivity index (χ3v) is 6.71. The molecule has 4 unspecified atom stereocenters. The van der Waals surface area contributed by atoms with Crippen LogP contribution in [0.25, 0.3) is 0 Å². The Bertz CT molecular complexity index is 1200. The van der Waals surface area contributed by atoms with Crippen molar-refractivity contribution in [3.8, 4) is 0 Å². The summed E-state index contributed by atoms with van der Waals surface area (Å²) in [5.41, 5.74) is 4.66. The first kappa shape index (κ1) is 34.4. The summed E-state index contributed by atoms with van der Waals surface area (Å²) in [6.45, 7) is 4.04. The van der Waals surface area contributed by atoms with E-state index in [0.29, 0.717) is 13.0 Å². The summed E-state index contributed by atoms with van der Waals surface area (Å²) >= 11 is 5.87. The topological polar surface area (TPSA) is 160 Å². The molecule has 230 valence electrons. The van der Waals surface area contributed by atoms with Gasteiger partial charge in [-0.15, -0.1) is 0 Å². The van der Waals surface area contributed by atoms with Crippen LogP contribution in [0.1, 0.15) is 56.8 Å². The molecular formula is C29H37ClF2N4O6. The predicted octanol–water partition coefficient (Wildman–Crippen LogP) is 3.56. The first-order valence-electron chi connectivity index (χ1n) is 13.6. The number of rotatable bonds is 12. The Morgan fingerprint density at radius 1 is 1.14 bits per heavy atom. The van der Waals surface area contributed by atoms with Gasteiger partial charge in [0.2, 0.25) is 17.7 Å². The fourth-order valence-electron chi connectivity index (χ4n) is 4.03. The van der Waals surface area contributed by atoms with Crippen LogP contribution in [0.5, 0.6) is 0 Å². The second-order valence-corrected chi connectivity index (χ2v) is 10.2. The van der Waals surface area contributed by atoms with Gasteiger partial charge in [0.15, 0.2) is 12.2 Å².